The predicted octanol–water partition coefficient (Wildman–Crippen LogP) is 1.85. The molecule has 0 bridgehead atoms. The summed E-state index contributed by atoms with van der Waals surface area (Å²) in [5.41, 5.74) is 1.35. The molecule has 1 saturated heterocycles. The molecule has 7 nitrogen and oxygen atoms in total. The molecule has 1 aliphatic rings. The molecule has 1 fully saturated rings. The number of rotatable bonds is 3. The van der Waals surface area contributed by atoms with Crippen molar-refractivity contribution in [3.8, 4) is 0 Å². The van der Waals surface area contributed by atoms with Gasteiger partial charge < -0.3 is 9.72 Å². The smallest absolute Gasteiger partial charge is 0.262 e. The Hall–Kier alpha value is -2.54. The third-order valence-corrected chi connectivity index (χ3v) is 4.39. The second kappa shape index (κ2) is 6.16. The van der Waals surface area contributed by atoms with E-state index in [0.717, 1.165) is 18.5 Å². The SMILES string of the molecule is C[C@@H]1CC(n2ncc3c(=O)[nH]c(Cc4ccccn4)nc32)CCO1. The number of nitrogens with one attached hydrogen (secondary N) is 1. The topological polar surface area (TPSA) is 85.7 Å². The van der Waals surface area contributed by atoms with Gasteiger partial charge in [-0.2, -0.15) is 5.10 Å². The number of aromatic nitrogens is 5. The van der Waals surface area contributed by atoms with E-state index in [2.05, 4.69) is 27.0 Å². The molecule has 1 unspecified atom stereocenters. The van der Waals surface area contributed by atoms with E-state index in [0.29, 0.717) is 29.9 Å². The van der Waals surface area contributed by atoms with Crippen molar-refractivity contribution in [1.29, 1.82) is 0 Å². The average Bonchev–Trinajstić information content (AvgIpc) is 3.00. The van der Waals surface area contributed by atoms with Crippen LogP contribution in [0.1, 0.15) is 37.3 Å². The third kappa shape index (κ3) is 2.82. The Morgan fingerprint density at radius 2 is 2.33 bits per heavy atom. The highest BCUT2D eigenvalue weighted by Crippen LogP contribution is 2.26. The Balaban J connectivity index is 1.73. The van der Waals surface area contributed by atoms with E-state index in [9.17, 15) is 4.79 Å². The van der Waals surface area contributed by atoms with Crippen molar-refractivity contribution in [3.05, 3.63) is 52.5 Å². The maximum atomic E-state index is 12.4. The first-order chi connectivity index (χ1) is 11.7. The fourth-order valence-electron chi connectivity index (χ4n) is 3.20. The minimum atomic E-state index is -0.155. The van der Waals surface area contributed by atoms with Gasteiger partial charge in [0.05, 0.1) is 18.3 Å². The summed E-state index contributed by atoms with van der Waals surface area (Å²) < 4.78 is 7.49. The van der Waals surface area contributed by atoms with Crippen LogP contribution < -0.4 is 5.56 Å². The van der Waals surface area contributed by atoms with Gasteiger partial charge in [0.25, 0.3) is 5.56 Å². The molecule has 3 aromatic heterocycles. The van der Waals surface area contributed by atoms with Crippen LogP contribution in [0.3, 0.4) is 0 Å². The maximum Gasteiger partial charge on any atom is 0.262 e. The standard InChI is InChI=1S/C17H19N5O2/c1-11-8-13(5-7-24-11)22-16-14(10-19-22)17(23)21-15(20-16)9-12-4-2-3-6-18-12/h2-4,6,10-11,13H,5,7-9H2,1H3,(H,20,21,23)/t11-,13?/m1/s1. The number of hydrogen-bond donors (Lipinski definition) is 1. The molecule has 0 saturated carbocycles. The second-order valence-corrected chi connectivity index (χ2v) is 6.20. The van der Waals surface area contributed by atoms with Crippen molar-refractivity contribution in [2.45, 2.75) is 38.3 Å². The molecule has 124 valence electrons. The lowest BCUT2D eigenvalue weighted by Crippen LogP contribution is -2.26. The molecule has 0 amide bonds. The van der Waals surface area contributed by atoms with E-state index >= 15 is 0 Å². The molecule has 2 atom stereocenters. The van der Waals surface area contributed by atoms with Crippen molar-refractivity contribution in [2.24, 2.45) is 0 Å². The van der Waals surface area contributed by atoms with E-state index < -0.39 is 0 Å². The Morgan fingerprint density at radius 1 is 1.42 bits per heavy atom. The van der Waals surface area contributed by atoms with E-state index in [4.69, 9.17) is 4.74 Å². The van der Waals surface area contributed by atoms with Crippen LogP contribution >= 0.6 is 0 Å². The number of hydrogen-bond acceptors (Lipinski definition) is 5. The summed E-state index contributed by atoms with van der Waals surface area (Å²) >= 11 is 0. The predicted molar refractivity (Wildman–Crippen MR) is 88.9 cm³/mol. The van der Waals surface area contributed by atoms with Gasteiger partial charge in [-0.25, -0.2) is 9.67 Å². The van der Waals surface area contributed by atoms with Gasteiger partial charge in [0.15, 0.2) is 5.65 Å². The highest BCUT2D eigenvalue weighted by atomic mass is 16.5. The number of H-pyrrole nitrogens is 1. The first kappa shape index (κ1) is 15.0. The molecule has 1 aliphatic heterocycles. The van der Waals surface area contributed by atoms with Crippen LogP contribution in [0.15, 0.2) is 35.4 Å². The lowest BCUT2D eigenvalue weighted by Gasteiger charge is -2.27. The molecule has 3 aromatic rings. The molecule has 0 radical (unpaired) electrons. The Morgan fingerprint density at radius 3 is 3.12 bits per heavy atom. The summed E-state index contributed by atoms with van der Waals surface area (Å²) in [7, 11) is 0. The Kier molecular flexibility index (Phi) is 3.86. The van der Waals surface area contributed by atoms with Crippen LogP contribution in [0.2, 0.25) is 0 Å². The van der Waals surface area contributed by atoms with E-state index in [1.165, 1.54) is 0 Å². The molecular weight excluding hydrogens is 306 g/mol. The summed E-state index contributed by atoms with van der Waals surface area (Å²) in [5, 5.41) is 4.95. The number of nitrogens with zero attached hydrogens (tertiary/aromatic N) is 4. The van der Waals surface area contributed by atoms with Crippen molar-refractivity contribution in [1.82, 2.24) is 24.7 Å². The summed E-state index contributed by atoms with van der Waals surface area (Å²) in [6.07, 6.45) is 5.77. The van der Waals surface area contributed by atoms with E-state index in [-0.39, 0.29) is 17.7 Å². The van der Waals surface area contributed by atoms with E-state index in [1.54, 1.807) is 12.4 Å². The minimum absolute atomic E-state index is 0.155. The van der Waals surface area contributed by atoms with Crippen molar-refractivity contribution in [3.63, 3.8) is 0 Å². The molecule has 0 aliphatic carbocycles. The minimum Gasteiger partial charge on any atom is -0.378 e. The van der Waals surface area contributed by atoms with Gasteiger partial charge in [-0.15, -0.1) is 0 Å². The van der Waals surface area contributed by atoms with Gasteiger partial charge in [-0.05, 0) is 31.9 Å². The van der Waals surface area contributed by atoms with Gasteiger partial charge in [0.2, 0.25) is 0 Å². The van der Waals surface area contributed by atoms with Crippen LogP contribution in [0.5, 0.6) is 0 Å². The summed E-state index contributed by atoms with van der Waals surface area (Å²) in [5.74, 6) is 0.605. The number of aromatic amines is 1. The largest absolute Gasteiger partial charge is 0.378 e. The zero-order valence-corrected chi connectivity index (χ0v) is 13.5. The molecule has 0 spiro atoms. The average molecular weight is 325 g/mol. The van der Waals surface area contributed by atoms with Crippen LogP contribution in [-0.2, 0) is 11.2 Å². The van der Waals surface area contributed by atoms with Crippen molar-refractivity contribution in [2.75, 3.05) is 6.61 Å². The highest BCUT2D eigenvalue weighted by molar-refractivity contribution is 5.73. The van der Waals surface area contributed by atoms with Gasteiger partial charge in [0, 0.05) is 24.9 Å². The molecule has 4 heterocycles. The molecule has 4 rings (SSSR count). The zero-order chi connectivity index (χ0) is 16.5. The zero-order valence-electron chi connectivity index (χ0n) is 13.5. The van der Waals surface area contributed by atoms with E-state index in [1.807, 2.05) is 22.9 Å². The fraction of sp³-hybridized carbons (Fsp3) is 0.412. The summed E-state index contributed by atoms with van der Waals surface area (Å²) in [6, 6.07) is 5.92. The second-order valence-electron chi connectivity index (χ2n) is 6.20. The molecule has 24 heavy (non-hydrogen) atoms. The number of fused-ring (bicyclic) bond motifs is 1. The number of pyridine rings is 1. The fourth-order valence-corrected chi connectivity index (χ4v) is 3.20. The molecular formula is C17H19N5O2. The van der Waals surface area contributed by atoms with Gasteiger partial charge in [0.1, 0.15) is 11.2 Å². The van der Waals surface area contributed by atoms with Gasteiger partial charge in [-0.3, -0.25) is 9.78 Å². The number of ether oxygens (including phenoxy) is 1. The quantitative estimate of drug-likeness (QED) is 0.794. The molecule has 1 N–H and O–H groups in total. The molecule has 0 aromatic carbocycles. The Bertz CT molecular complexity index is 902. The van der Waals surface area contributed by atoms with Crippen LogP contribution in [0.4, 0.5) is 0 Å². The van der Waals surface area contributed by atoms with Gasteiger partial charge in [-0.1, -0.05) is 6.07 Å². The van der Waals surface area contributed by atoms with Crippen molar-refractivity contribution >= 4 is 11.0 Å². The normalized spacial score (nSPS) is 21.2. The van der Waals surface area contributed by atoms with Crippen LogP contribution in [0.25, 0.3) is 11.0 Å². The van der Waals surface area contributed by atoms with Gasteiger partial charge >= 0.3 is 0 Å². The first-order valence-corrected chi connectivity index (χ1v) is 8.18. The van der Waals surface area contributed by atoms with Crippen molar-refractivity contribution < 1.29 is 4.74 Å². The van der Waals surface area contributed by atoms with Crippen LogP contribution in [0, 0.1) is 0 Å². The lowest BCUT2D eigenvalue weighted by atomic mass is 10.0. The lowest BCUT2D eigenvalue weighted by molar-refractivity contribution is 0.00431. The summed E-state index contributed by atoms with van der Waals surface area (Å²) in [4.78, 5) is 24.1. The Labute approximate surface area is 138 Å². The molecule has 7 heteroatoms. The van der Waals surface area contributed by atoms with Crippen LogP contribution in [-0.4, -0.2) is 37.4 Å². The first-order valence-electron chi connectivity index (χ1n) is 8.18. The monoisotopic (exact) mass is 325 g/mol. The summed E-state index contributed by atoms with van der Waals surface area (Å²) in [6.45, 7) is 2.77. The highest BCUT2D eigenvalue weighted by Gasteiger charge is 2.24. The third-order valence-electron chi connectivity index (χ3n) is 4.39. The maximum absolute atomic E-state index is 12.4.